The fourth-order valence-electron chi connectivity index (χ4n) is 5.82. The first kappa shape index (κ1) is 29.2. The Bertz CT molecular complexity index is 1600. The number of hydrogen-bond donors (Lipinski definition) is 0. The van der Waals surface area contributed by atoms with E-state index >= 15 is 0 Å². The van der Waals surface area contributed by atoms with Crippen LogP contribution in [0.25, 0.3) is 10.8 Å². The normalized spacial score (nSPS) is 17.1. The molecule has 218 valence electrons. The summed E-state index contributed by atoms with van der Waals surface area (Å²) in [5.41, 5.74) is 3.88. The van der Waals surface area contributed by atoms with Gasteiger partial charge in [0.1, 0.15) is 17.5 Å². The molecule has 1 unspecified atom stereocenters. The van der Waals surface area contributed by atoms with Gasteiger partial charge in [0.25, 0.3) is 0 Å². The first-order chi connectivity index (χ1) is 20.1. The van der Waals surface area contributed by atoms with Gasteiger partial charge >= 0.3 is 12.1 Å². The van der Waals surface area contributed by atoms with Crippen LogP contribution in [0.3, 0.4) is 0 Å². The predicted molar refractivity (Wildman–Crippen MR) is 165 cm³/mol. The zero-order valence-electron chi connectivity index (χ0n) is 25.2. The molecule has 0 aliphatic carbocycles. The molecule has 4 aromatic carbocycles. The number of carbonyl (C=O) groups is 2. The van der Waals surface area contributed by atoms with Gasteiger partial charge < -0.3 is 14.2 Å². The number of rotatable bonds is 6. The van der Waals surface area contributed by atoms with Crippen molar-refractivity contribution in [3.63, 3.8) is 0 Å². The Morgan fingerprint density at radius 1 is 0.976 bits per heavy atom. The van der Waals surface area contributed by atoms with Gasteiger partial charge in [-0.1, -0.05) is 72.8 Å². The fourth-order valence-corrected chi connectivity index (χ4v) is 5.82. The van der Waals surface area contributed by atoms with Crippen LogP contribution < -0.4 is 4.74 Å². The van der Waals surface area contributed by atoms with Crippen molar-refractivity contribution < 1.29 is 23.8 Å². The summed E-state index contributed by atoms with van der Waals surface area (Å²) in [6.07, 6.45) is -0.0645. The van der Waals surface area contributed by atoms with Gasteiger partial charge in [0, 0.05) is 11.5 Å². The second kappa shape index (κ2) is 11.9. The van der Waals surface area contributed by atoms with E-state index in [2.05, 4.69) is 36.4 Å². The molecule has 1 heterocycles. The molecule has 0 radical (unpaired) electrons. The highest BCUT2D eigenvalue weighted by Crippen LogP contribution is 2.42. The molecule has 1 aliphatic rings. The molecule has 0 aromatic heterocycles. The lowest BCUT2D eigenvalue weighted by Crippen LogP contribution is -2.45. The molecular weight excluding hydrogens is 526 g/mol. The first-order valence-electron chi connectivity index (χ1n) is 14.5. The minimum absolute atomic E-state index is 0.0303. The number of benzene rings is 4. The molecule has 0 spiro atoms. The van der Waals surface area contributed by atoms with E-state index in [1.807, 2.05) is 83.1 Å². The minimum Gasteiger partial charge on any atom is -0.488 e. The number of ether oxygens (including phenoxy) is 3. The van der Waals surface area contributed by atoms with Crippen LogP contribution in [0.2, 0.25) is 0 Å². The molecule has 1 amide bonds. The monoisotopic (exact) mass is 565 g/mol. The number of methoxy groups -OCH3 is 1. The summed E-state index contributed by atoms with van der Waals surface area (Å²) in [6.45, 7) is 9.93. The van der Waals surface area contributed by atoms with Crippen LogP contribution in [-0.4, -0.2) is 42.3 Å². The maximum Gasteiger partial charge on any atom is 0.410 e. The van der Waals surface area contributed by atoms with Crippen LogP contribution in [-0.2, 0) is 9.47 Å². The standard InChI is InChI=1S/C36H39NO5/c1-23-18-19-26(20-31(23)34(38)40-6)32-21-27(41-33-17-10-9-15-30(32)33)22-37(35(39)42-36(3,4)5)24(2)28-16-11-13-25-12-7-8-14-29(25)28/h7-20,24,27,32H,21-22H2,1-6H3/t24-,27-,32?/m1/s1. The highest BCUT2D eigenvalue weighted by molar-refractivity contribution is 5.91. The van der Waals surface area contributed by atoms with Crippen LogP contribution in [0.4, 0.5) is 4.79 Å². The van der Waals surface area contributed by atoms with Crippen LogP contribution in [0.1, 0.15) is 78.7 Å². The van der Waals surface area contributed by atoms with Crippen molar-refractivity contribution in [2.24, 2.45) is 0 Å². The average Bonchev–Trinajstić information content (AvgIpc) is 2.97. The largest absolute Gasteiger partial charge is 0.488 e. The number of hydrogen-bond acceptors (Lipinski definition) is 5. The SMILES string of the molecule is COC(=O)c1cc(C2C[C@H](CN(C(=O)OC(C)(C)C)[C@H](C)c3cccc4ccccc34)Oc3ccccc32)ccc1C. The summed E-state index contributed by atoms with van der Waals surface area (Å²) in [7, 11) is 1.40. The summed E-state index contributed by atoms with van der Waals surface area (Å²) < 4.78 is 17.5. The van der Waals surface area contributed by atoms with Gasteiger partial charge in [0.05, 0.1) is 25.3 Å². The van der Waals surface area contributed by atoms with Crippen LogP contribution in [0, 0.1) is 6.92 Å². The van der Waals surface area contributed by atoms with Crippen molar-refractivity contribution in [3.05, 3.63) is 113 Å². The van der Waals surface area contributed by atoms with Gasteiger partial charge in [0.15, 0.2) is 0 Å². The molecule has 0 saturated carbocycles. The second-order valence-corrected chi connectivity index (χ2v) is 12.0. The number of aryl methyl sites for hydroxylation is 1. The van der Waals surface area contributed by atoms with Gasteiger partial charge in [0.2, 0.25) is 0 Å². The van der Waals surface area contributed by atoms with Crippen LogP contribution in [0.15, 0.2) is 84.9 Å². The molecule has 0 saturated heterocycles. The highest BCUT2D eigenvalue weighted by atomic mass is 16.6. The summed E-state index contributed by atoms with van der Waals surface area (Å²) in [5.74, 6) is 0.393. The Balaban J connectivity index is 1.51. The van der Waals surface area contributed by atoms with Gasteiger partial charge in [-0.2, -0.15) is 0 Å². The molecule has 4 aromatic rings. The number of carbonyl (C=O) groups excluding carboxylic acids is 2. The van der Waals surface area contributed by atoms with E-state index in [1.54, 1.807) is 4.90 Å². The molecule has 5 rings (SSSR count). The summed E-state index contributed by atoms with van der Waals surface area (Å²) >= 11 is 0. The molecule has 0 bridgehead atoms. The van der Waals surface area contributed by atoms with Crippen LogP contribution in [0.5, 0.6) is 5.75 Å². The maximum atomic E-state index is 13.8. The van der Waals surface area contributed by atoms with E-state index in [1.165, 1.54) is 7.11 Å². The average molecular weight is 566 g/mol. The molecular formula is C36H39NO5. The van der Waals surface area contributed by atoms with Crippen molar-refractivity contribution in [1.29, 1.82) is 0 Å². The van der Waals surface area contributed by atoms with Gasteiger partial charge in [-0.25, -0.2) is 9.59 Å². The second-order valence-electron chi connectivity index (χ2n) is 12.0. The Morgan fingerprint density at radius 3 is 2.45 bits per heavy atom. The quantitative estimate of drug-likeness (QED) is 0.220. The topological polar surface area (TPSA) is 65.1 Å². The number of fused-ring (bicyclic) bond motifs is 2. The van der Waals surface area contributed by atoms with E-state index in [0.717, 1.165) is 38.8 Å². The molecule has 0 fully saturated rings. The molecule has 42 heavy (non-hydrogen) atoms. The van der Waals surface area contributed by atoms with E-state index < -0.39 is 5.60 Å². The number of amides is 1. The van der Waals surface area contributed by atoms with Crippen molar-refractivity contribution in [3.8, 4) is 5.75 Å². The lowest BCUT2D eigenvalue weighted by atomic mass is 9.83. The Morgan fingerprint density at radius 2 is 1.69 bits per heavy atom. The molecule has 3 atom stereocenters. The summed E-state index contributed by atoms with van der Waals surface area (Å²) in [6, 6.07) is 28.1. The molecule has 6 heteroatoms. The number of para-hydroxylation sites is 1. The summed E-state index contributed by atoms with van der Waals surface area (Å²) in [4.78, 5) is 28.1. The van der Waals surface area contributed by atoms with E-state index in [9.17, 15) is 9.59 Å². The third-order valence-corrected chi connectivity index (χ3v) is 7.93. The fraction of sp³-hybridized carbons (Fsp3) is 0.333. The van der Waals surface area contributed by atoms with Crippen molar-refractivity contribution in [2.45, 2.75) is 64.7 Å². The third kappa shape index (κ3) is 6.13. The first-order valence-corrected chi connectivity index (χ1v) is 14.5. The predicted octanol–water partition coefficient (Wildman–Crippen LogP) is 8.22. The zero-order valence-corrected chi connectivity index (χ0v) is 25.2. The highest BCUT2D eigenvalue weighted by Gasteiger charge is 2.35. The Kier molecular flexibility index (Phi) is 8.26. The van der Waals surface area contributed by atoms with E-state index in [4.69, 9.17) is 14.2 Å². The van der Waals surface area contributed by atoms with Gasteiger partial charge in [-0.3, -0.25) is 4.90 Å². The van der Waals surface area contributed by atoms with Crippen molar-refractivity contribution in [2.75, 3.05) is 13.7 Å². The number of esters is 1. The van der Waals surface area contributed by atoms with Gasteiger partial charge in [-0.05, 0) is 80.6 Å². The smallest absolute Gasteiger partial charge is 0.410 e. The third-order valence-electron chi connectivity index (χ3n) is 7.93. The molecule has 0 N–H and O–H groups in total. The molecule has 6 nitrogen and oxygen atoms in total. The zero-order chi connectivity index (χ0) is 30.0. The lowest BCUT2D eigenvalue weighted by Gasteiger charge is -2.38. The van der Waals surface area contributed by atoms with E-state index in [-0.39, 0.29) is 30.1 Å². The minimum atomic E-state index is -0.650. The Hall–Kier alpha value is -4.32. The van der Waals surface area contributed by atoms with E-state index in [0.29, 0.717) is 18.5 Å². The van der Waals surface area contributed by atoms with Crippen molar-refractivity contribution in [1.82, 2.24) is 4.90 Å². The molecule has 1 aliphatic heterocycles. The van der Waals surface area contributed by atoms with Crippen LogP contribution >= 0.6 is 0 Å². The summed E-state index contributed by atoms with van der Waals surface area (Å²) in [5, 5.41) is 2.22. The lowest BCUT2D eigenvalue weighted by molar-refractivity contribution is 0.00569. The number of nitrogens with zero attached hydrogens (tertiary/aromatic N) is 1. The Labute approximate surface area is 248 Å². The van der Waals surface area contributed by atoms with Crippen molar-refractivity contribution >= 4 is 22.8 Å². The maximum absolute atomic E-state index is 13.8. The van der Waals surface area contributed by atoms with Gasteiger partial charge in [-0.15, -0.1) is 0 Å².